The van der Waals surface area contributed by atoms with Crippen molar-refractivity contribution in [1.29, 1.82) is 0 Å². The van der Waals surface area contributed by atoms with E-state index in [1.165, 1.54) is 23.5 Å². The van der Waals surface area contributed by atoms with Crippen molar-refractivity contribution in [2.24, 2.45) is 0 Å². The molecule has 2 heterocycles. The standard InChI is InChI=1S/C17H24N2O5S/c1-23-15-7-6-13(17(20)18-12-14-5-4-10-24-14)11-16(15)25(21,22)19-8-2-3-9-19/h6-7,11,14H,2-5,8-10,12H2,1H3,(H,18,20). The van der Waals surface area contributed by atoms with Crippen molar-refractivity contribution >= 4 is 15.9 Å². The van der Waals surface area contributed by atoms with Crippen LogP contribution in [0.1, 0.15) is 36.0 Å². The molecule has 0 spiro atoms. The fourth-order valence-electron chi connectivity index (χ4n) is 3.20. The van der Waals surface area contributed by atoms with E-state index < -0.39 is 10.0 Å². The van der Waals surface area contributed by atoms with E-state index in [1.807, 2.05) is 0 Å². The highest BCUT2D eigenvalue weighted by Crippen LogP contribution is 2.29. The summed E-state index contributed by atoms with van der Waals surface area (Å²) in [6, 6.07) is 4.51. The van der Waals surface area contributed by atoms with Gasteiger partial charge in [-0.05, 0) is 43.9 Å². The van der Waals surface area contributed by atoms with Crippen LogP contribution in [0.25, 0.3) is 0 Å². The predicted molar refractivity (Wildman–Crippen MR) is 92.3 cm³/mol. The quantitative estimate of drug-likeness (QED) is 0.820. The highest BCUT2D eigenvalue weighted by atomic mass is 32.2. The molecule has 0 bridgehead atoms. The first-order chi connectivity index (χ1) is 12.0. The Morgan fingerprint density at radius 2 is 2.08 bits per heavy atom. The van der Waals surface area contributed by atoms with Crippen molar-refractivity contribution in [2.45, 2.75) is 36.7 Å². The fraction of sp³-hybridized carbons (Fsp3) is 0.588. The lowest BCUT2D eigenvalue weighted by Gasteiger charge is -2.18. The van der Waals surface area contributed by atoms with Crippen molar-refractivity contribution in [2.75, 3.05) is 33.4 Å². The topological polar surface area (TPSA) is 84.9 Å². The number of benzene rings is 1. The minimum absolute atomic E-state index is 0.0370. The van der Waals surface area contributed by atoms with Crippen LogP contribution < -0.4 is 10.1 Å². The summed E-state index contributed by atoms with van der Waals surface area (Å²) >= 11 is 0. The Kier molecular flexibility index (Phi) is 5.61. The van der Waals surface area contributed by atoms with E-state index in [0.717, 1.165) is 32.3 Å². The Bertz CT molecular complexity index is 723. The lowest BCUT2D eigenvalue weighted by atomic mass is 10.2. The molecule has 0 saturated carbocycles. The van der Waals surface area contributed by atoms with Gasteiger partial charge in [0.15, 0.2) is 0 Å². The zero-order valence-electron chi connectivity index (χ0n) is 14.4. The summed E-state index contributed by atoms with van der Waals surface area (Å²) in [6.45, 7) is 2.15. The zero-order valence-corrected chi connectivity index (χ0v) is 15.2. The molecule has 25 heavy (non-hydrogen) atoms. The summed E-state index contributed by atoms with van der Waals surface area (Å²) in [6.07, 6.45) is 3.67. The number of nitrogens with zero attached hydrogens (tertiary/aromatic N) is 1. The molecule has 8 heteroatoms. The van der Waals surface area contributed by atoms with Crippen LogP contribution in [0.4, 0.5) is 0 Å². The number of hydrogen-bond donors (Lipinski definition) is 1. The second-order valence-electron chi connectivity index (χ2n) is 6.32. The average molecular weight is 368 g/mol. The lowest BCUT2D eigenvalue weighted by molar-refractivity contribution is 0.0857. The Morgan fingerprint density at radius 1 is 1.32 bits per heavy atom. The van der Waals surface area contributed by atoms with Gasteiger partial charge in [0.25, 0.3) is 5.91 Å². The van der Waals surface area contributed by atoms with Crippen LogP contribution in [-0.4, -0.2) is 58.1 Å². The highest BCUT2D eigenvalue weighted by Gasteiger charge is 2.30. The van der Waals surface area contributed by atoms with Crippen LogP contribution in [0.15, 0.2) is 23.1 Å². The normalized spacial score (nSPS) is 21.4. The van der Waals surface area contributed by atoms with Gasteiger partial charge < -0.3 is 14.8 Å². The fourth-order valence-corrected chi connectivity index (χ4v) is 4.90. The Balaban J connectivity index is 1.80. The highest BCUT2D eigenvalue weighted by molar-refractivity contribution is 7.89. The van der Waals surface area contributed by atoms with E-state index in [4.69, 9.17) is 9.47 Å². The average Bonchev–Trinajstić information content (AvgIpc) is 3.32. The van der Waals surface area contributed by atoms with Crippen LogP contribution in [0.3, 0.4) is 0 Å². The molecule has 2 saturated heterocycles. The van der Waals surface area contributed by atoms with Crippen LogP contribution in [0, 0.1) is 0 Å². The van der Waals surface area contributed by atoms with Gasteiger partial charge in [-0.2, -0.15) is 4.31 Å². The van der Waals surface area contributed by atoms with Crippen LogP contribution in [0.2, 0.25) is 0 Å². The van der Waals surface area contributed by atoms with Gasteiger partial charge in [-0.15, -0.1) is 0 Å². The Morgan fingerprint density at radius 3 is 2.72 bits per heavy atom. The van der Waals surface area contributed by atoms with E-state index >= 15 is 0 Å². The van der Waals surface area contributed by atoms with Crippen molar-refractivity contribution in [3.63, 3.8) is 0 Å². The number of methoxy groups -OCH3 is 1. The van der Waals surface area contributed by atoms with Crippen molar-refractivity contribution in [3.8, 4) is 5.75 Å². The van der Waals surface area contributed by atoms with Crippen molar-refractivity contribution < 1.29 is 22.7 Å². The molecule has 1 unspecified atom stereocenters. The number of carbonyl (C=O) groups excluding carboxylic acids is 1. The maximum Gasteiger partial charge on any atom is 0.251 e. The zero-order chi connectivity index (χ0) is 17.9. The van der Waals surface area contributed by atoms with Crippen molar-refractivity contribution in [3.05, 3.63) is 23.8 Å². The number of nitrogens with one attached hydrogen (secondary N) is 1. The summed E-state index contributed by atoms with van der Waals surface area (Å²) in [4.78, 5) is 12.4. The number of rotatable bonds is 6. The maximum absolute atomic E-state index is 12.9. The van der Waals surface area contributed by atoms with Gasteiger partial charge in [-0.3, -0.25) is 4.79 Å². The van der Waals surface area contributed by atoms with Gasteiger partial charge in [0.2, 0.25) is 10.0 Å². The summed E-state index contributed by atoms with van der Waals surface area (Å²) in [5, 5.41) is 2.81. The third kappa shape index (κ3) is 3.96. The second kappa shape index (κ2) is 7.72. The monoisotopic (exact) mass is 368 g/mol. The first-order valence-corrected chi connectivity index (χ1v) is 10.0. The lowest BCUT2D eigenvalue weighted by Crippen LogP contribution is -2.32. The number of ether oxygens (including phenoxy) is 2. The molecule has 138 valence electrons. The molecule has 0 aromatic heterocycles. The summed E-state index contributed by atoms with van der Waals surface area (Å²) in [5.74, 6) is -0.0569. The molecule has 1 N–H and O–H groups in total. The van der Waals surface area contributed by atoms with Gasteiger partial charge in [-0.25, -0.2) is 8.42 Å². The minimum atomic E-state index is -3.66. The second-order valence-corrected chi connectivity index (χ2v) is 8.23. The molecule has 1 amide bonds. The van der Waals surface area contributed by atoms with Crippen LogP contribution in [0.5, 0.6) is 5.75 Å². The molecular formula is C17H24N2O5S. The van der Waals surface area contributed by atoms with E-state index in [9.17, 15) is 13.2 Å². The van der Waals surface area contributed by atoms with E-state index in [1.54, 1.807) is 6.07 Å². The molecule has 2 aliphatic rings. The molecule has 0 radical (unpaired) electrons. The first kappa shape index (κ1) is 18.2. The van der Waals surface area contributed by atoms with E-state index in [2.05, 4.69) is 5.32 Å². The van der Waals surface area contributed by atoms with Crippen LogP contribution >= 0.6 is 0 Å². The number of hydrogen-bond acceptors (Lipinski definition) is 5. The third-order valence-corrected chi connectivity index (χ3v) is 6.54. The predicted octanol–water partition coefficient (Wildman–Crippen LogP) is 1.39. The van der Waals surface area contributed by atoms with Gasteiger partial charge in [-0.1, -0.05) is 0 Å². The molecule has 0 aliphatic carbocycles. The number of carbonyl (C=O) groups is 1. The van der Waals surface area contributed by atoms with Gasteiger partial charge in [0.05, 0.1) is 13.2 Å². The molecule has 1 atom stereocenters. The number of sulfonamides is 1. The van der Waals surface area contributed by atoms with Crippen LogP contribution in [-0.2, 0) is 14.8 Å². The summed E-state index contributed by atoms with van der Waals surface area (Å²) < 4.78 is 37.8. The Labute approximate surface area is 148 Å². The maximum atomic E-state index is 12.9. The SMILES string of the molecule is COc1ccc(C(=O)NCC2CCCO2)cc1S(=O)(=O)N1CCCC1. The summed E-state index contributed by atoms with van der Waals surface area (Å²) in [7, 11) is -2.24. The van der Waals surface area contributed by atoms with Gasteiger partial charge in [0, 0.05) is 31.8 Å². The minimum Gasteiger partial charge on any atom is -0.495 e. The molecule has 2 fully saturated rings. The smallest absolute Gasteiger partial charge is 0.251 e. The summed E-state index contributed by atoms with van der Waals surface area (Å²) in [5.41, 5.74) is 0.302. The molecule has 1 aromatic rings. The molecule has 2 aliphatic heterocycles. The Hall–Kier alpha value is -1.64. The van der Waals surface area contributed by atoms with Gasteiger partial charge in [0.1, 0.15) is 10.6 Å². The number of amides is 1. The molecular weight excluding hydrogens is 344 g/mol. The molecule has 7 nitrogen and oxygen atoms in total. The molecule has 3 rings (SSSR count). The third-order valence-electron chi connectivity index (χ3n) is 4.62. The first-order valence-electron chi connectivity index (χ1n) is 8.60. The van der Waals surface area contributed by atoms with Gasteiger partial charge >= 0.3 is 0 Å². The largest absolute Gasteiger partial charge is 0.495 e. The van der Waals surface area contributed by atoms with Crippen molar-refractivity contribution in [1.82, 2.24) is 9.62 Å². The van der Waals surface area contributed by atoms with E-state index in [-0.39, 0.29) is 22.7 Å². The van der Waals surface area contributed by atoms with E-state index in [0.29, 0.717) is 25.2 Å². The molecule has 1 aromatic carbocycles.